The number of para-hydroxylation sites is 1. The van der Waals surface area contributed by atoms with Crippen LogP contribution in [0, 0.1) is 5.92 Å². The number of unbranched alkanes of at least 4 members (excludes halogenated alkanes) is 6. The van der Waals surface area contributed by atoms with Gasteiger partial charge in [0.25, 0.3) is 0 Å². The SMILES string of the molecule is CCCCCCCCCN1C(=O)C(C(N)=O)C2CC1(C)Oc1ccccc12. The number of benzene rings is 1. The van der Waals surface area contributed by atoms with Gasteiger partial charge in [-0.25, -0.2) is 0 Å². The van der Waals surface area contributed by atoms with Gasteiger partial charge in [-0.2, -0.15) is 0 Å². The van der Waals surface area contributed by atoms with Gasteiger partial charge in [-0.05, 0) is 25.0 Å². The summed E-state index contributed by atoms with van der Waals surface area (Å²) in [7, 11) is 0. The van der Waals surface area contributed by atoms with Crippen LogP contribution in [0.5, 0.6) is 5.75 Å². The minimum Gasteiger partial charge on any atom is -0.468 e. The molecule has 0 saturated carbocycles. The van der Waals surface area contributed by atoms with Crippen LogP contribution in [0.3, 0.4) is 0 Å². The van der Waals surface area contributed by atoms with Gasteiger partial charge in [0.1, 0.15) is 11.7 Å². The van der Waals surface area contributed by atoms with E-state index in [4.69, 9.17) is 10.5 Å². The van der Waals surface area contributed by atoms with Gasteiger partial charge in [0, 0.05) is 18.9 Å². The summed E-state index contributed by atoms with van der Waals surface area (Å²) in [6.45, 7) is 4.79. The summed E-state index contributed by atoms with van der Waals surface area (Å²) >= 11 is 0. The third-order valence-electron chi connectivity index (χ3n) is 6.04. The molecule has 3 rings (SSSR count). The topological polar surface area (TPSA) is 72.6 Å². The Balaban J connectivity index is 1.72. The molecule has 2 aliphatic rings. The lowest BCUT2D eigenvalue weighted by molar-refractivity contribution is -0.175. The van der Waals surface area contributed by atoms with Crippen LogP contribution >= 0.6 is 0 Å². The summed E-state index contributed by atoms with van der Waals surface area (Å²) in [6, 6.07) is 7.69. The van der Waals surface area contributed by atoms with Gasteiger partial charge in [0.15, 0.2) is 5.72 Å². The van der Waals surface area contributed by atoms with Crippen LogP contribution in [0.2, 0.25) is 0 Å². The van der Waals surface area contributed by atoms with Crippen LogP contribution in [-0.2, 0) is 9.59 Å². The maximum Gasteiger partial charge on any atom is 0.238 e. The van der Waals surface area contributed by atoms with E-state index in [1.165, 1.54) is 32.1 Å². The predicted octanol–water partition coefficient (Wildman–Crippen LogP) is 3.96. The van der Waals surface area contributed by atoms with Crippen molar-refractivity contribution < 1.29 is 14.3 Å². The Kier molecular flexibility index (Phi) is 6.08. The Morgan fingerprint density at radius 2 is 1.85 bits per heavy atom. The van der Waals surface area contributed by atoms with Gasteiger partial charge in [0.05, 0.1) is 0 Å². The average Bonchev–Trinajstić information content (AvgIpc) is 2.62. The first-order valence-electron chi connectivity index (χ1n) is 10.4. The second-order valence-corrected chi connectivity index (χ2v) is 8.12. The number of carbonyl (C=O) groups is 2. The lowest BCUT2D eigenvalue weighted by Crippen LogP contribution is -2.64. The van der Waals surface area contributed by atoms with Crippen molar-refractivity contribution >= 4 is 11.8 Å². The number of nitrogens with zero attached hydrogens (tertiary/aromatic N) is 1. The molecule has 2 amide bonds. The van der Waals surface area contributed by atoms with Crippen LogP contribution in [0.1, 0.15) is 76.7 Å². The lowest BCUT2D eigenvalue weighted by Gasteiger charge is -2.52. The standard InChI is InChI=1S/C22H32N2O3/c1-3-4-5-6-7-8-11-14-24-21(26)19(20(23)25)17-15-22(24,2)27-18-13-10-9-12-16(17)18/h9-10,12-13,17,19H,3-8,11,14-15H2,1-2H3,(H2,23,25). The first-order valence-corrected chi connectivity index (χ1v) is 10.4. The monoisotopic (exact) mass is 372 g/mol. The van der Waals surface area contributed by atoms with E-state index in [9.17, 15) is 9.59 Å². The zero-order valence-electron chi connectivity index (χ0n) is 16.6. The molecule has 1 fully saturated rings. The van der Waals surface area contributed by atoms with Crippen molar-refractivity contribution in [1.29, 1.82) is 0 Å². The van der Waals surface area contributed by atoms with E-state index >= 15 is 0 Å². The van der Waals surface area contributed by atoms with Crippen molar-refractivity contribution in [3.8, 4) is 5.75 Å². The predicted molar refractivity (Wildman–Crippen MR) is 105 cm³/mol. The van der Waals surface area contributed by atoms with Crippen molar-refractivity contribution in [1.82, 2.24) is 4.90 Å². The number of nitrogens with two attached hydrogens (primary N) is 1. The number of fused-ring (bicyclic) bond motifs is 4. The van der Waals surface area contributed by atoms with Crippen LogP contribution in [0.15, 0.2) is 24.3 Å². The van der Waals surface area contributed by atoms with Crippen molar-refractivity contribution in [2.45, 2.75) is 76.9 Å². The Hall–Kier alpha value is -2.04. The molecule has 0 radical (unpaired) electrons. The highest BCUT2D eigenvalue weighted by Gasteiger charge is 2.55. The van der Waals surface area contributed by atoms with Crippen LogP contribution in [-0.4, -0.2) is 29.0 Å². The zero-order chi connectivity index (χ0) is 19.4. The van der Waals surface area contributed by atoms with Crippen LogP contribution < -0.4 is 10.5 Å². The van der Waals surface area contributed by atoms with E-state index in [-0.39, 0.29) is 11.8 Å². The van der Waals surface area contributed by atoms with E-state index in [2.05, 4.69) is 6.92 Å². The van der Waals surface area contributed by atoms with Gasteiger partial charge in [-0.15, -0.1) is 0 Å². The zero-order valence-corrected chi connectivity index (χ0v) is 16.6. The summed E-state index contributed by atoms with van der Waals surface area (Å²) in [6.07, 6.45) is 8.87. The molecule has 0 aliphatic carbocycles. The molecule has 1 aromatic carbocycles. The first kappa shape index (κ1) is 19.7. The number of carbonyl (C=O) groups excluding carboxylic acids is 2. The number of primary amides is 1. The Morgan fingerprint density at radius 3 is 2.56 bits per heavy atom. The maximum atomic E-state index is 13.1. The van der Waals surface area contributed by atoms with Gasteiger partial charge >= 0.3 is 0 Å². The van der Waals surface area contributed by atoms with E-state index in [1.807, 2.05) is 31.2 Å². The van der Waals surface area contributed by atoms with E-state index in [0.29, 0.717) is 13.0 Å². The lowest BCUT2D eigenvalue weighted by atomic mass is 9.73. The molecule has 1 aromatic rings. The summed E-state index contributed by atoms with van der Waals surface area (Å²) in [4.78, 5) is 27.0. The minimum absolute atomic E-state index is 0.179. The molecule has 1 saturated heterocycles. The Morgan fingerprint density at radius 1 is 1.19 bits per heavy atom. The van der Waals surface area contributed by atoms with Crippen molar-refractivity contribution in [2.24, 2.45) is 11.7 Å². The Bertz CT molecular complexity index is 690. The van der Waals surface area contributed by atoms with Gasteiger partial charge in [0.2, 0.25) is 11.8 Å². The summed E-state index contributed by atoms with van der Waals surface area (Å²) < 4.78 is 6.26. The highest BCUT2D eigenvalue weighted by Crippen LogP contribution is 2.50. The fourth-order valence-electron chi connectivity index (χ4n) is 4.61. The van der Waals surface area contributed by atoms with Gasteiger partial charge < -0.3 is 15.4 Å². The summed E-state index contributed by atoms with van der Waals surface area (Å²) in [5.74, 6) is -0.947. The van der Waals surface area contributed by atoms with Crippen LogP contribution in [0.4, 0.5) is 0 Å². The van der Waals surface area contributed by atoms with Crippen molar-refractivity contribution in [3.05, 3.63) is 29.8 Å². The molecule has 3 atom stereocenters. The number of hydrogen-bond acceptors (Lipinski definition) is 3. The molecule has 2 heterocycles. The van der Waals surface area contributed by atoms with E-state index < -0.39 is 17.6 Å². The molecular weight excluding hydrogens is 340 g/mol. The number of hydrogen-bond donors (Lipinski definition) is 1. The summed E-state index contributed by atoms with van der Waals surface area (Å²) in [5, 5.41) is 0. The third-order valence-corrected chi connectivity index (χ3v) is 6.04. The largest absolute Gasteiger partial charge is 0.468 e. The minimum atomic E-state index is -0.798. The van der Waals surface area contributed by atoms with Crippen molar-refractivity contribution in [3.63, 3.8) is 0 Å². The summed E-state index contributed by atoms with van der Waals surface area (Å²) in [5.41, 5.74) is 5.87. The molecule has 2 N–H and O–H groups in total. The number of piperidine rings is 1. The molecule has 2 bridgehead atoms. The molecular formula is C22H32N2O3. The van der Waals surface area contributed by atoms with Gasteiger partial charge in [-0.3, -0.25) is 9.59 Å². The molecule has 27 heavy (non-hydrogen) atoms. The normalized spacial score (nSPS) is 26.4. The molecule has 2 aliphatic heterocycles. The molecule has 148 valence electrons. The molecule has 0 spiro atoms. The maximum absolute atomic E-state index is 13.1. The number of amides is 2. The second kappa shape index (κ2) is 8.32. The molecule has 5 nitrogen and oxygen atoms in total. The smallest absolute Gasteiger partial charge is 0.238 e. The fraction of sp³-hybridized carbons (Fsp3) is 0.636. The van der Waals surface area contributed by atoms with E-state index in [0.717, 1.165) is 24.2 Å². The fourth-order valence-corrected chi connectivity index (χ4v) is 4.61. The molecule has 3 unspecified atom stereocenters. The number of ether oxygens (including phenoxy) is 1. The average molecular weight is 373 g/mol. The molecule has 5 heteroatoms. The quantitative estimate of drug-likeness (QED) is 0.527. The number of likely N-dealkylation sites (tertiary alicyclic amines) is 1. The van der Waals surface area contributed by atoms with Crippen LogP contribution in [0.25, 0.3) is 0 Å². The highest BCUT2D eigenvalue weighted by atomic mass is 16.5. The highest BCUT2D eigenvalue weighted by molar-refractivity contribution is 6.01. The number of rotatable bonds is 9. The van der Waals surface area contributed by atoms with E-state index in [1.54, 1.807) is 4.90 Å². The Labute approximate surface area is 162 Å². The first-order chi connectivity index (χ1) is 13.0. The van der Waals surface area contributed by atoms with Gasteiger partial charge in [-0.1, -0.05) is 63.6 Å². The van der Waals surface area contributed by atoms with Crippen molar-refractivity contribution in [2.75, 3.05) is 6.54 Å². The second-order valence-electron chi connectivity index (χ2n) is 8.12. The third kappa shape index (κ3) is 3.97. The molecule has 0 aromatic heterocycles.